The number of sulfonamides is 1. The number of carbonyl (C=O) groups excluding carboxylic acids is 2. The lowest BCUT2D eigenvalue weighted by atomic mass is 10.1. The van der Waals surface area contributed by atoms with E-state index in [0.717, 1.165) is 11.8 Å². The maximum Gasteiger partial charge on any atom is 0.242 e. The minimum absolute atomic E-state index is 0.110. The number of para-hydroxylation sites is 1. The zero-order valence-electron chi connectivity index (χ0n) is 19.7. The van der Waals surface area contributed by atoms with Gasteiger partial charge >= 0.3 is 0 Å². The van der Waals surface area contributed by atoms with Crippen LogP contribution in [0.3, 0.4) is 0 Å². The average molecular weight is 476 g/mol. The predicted octanol–water partition coefficient (Wildman–Crippen LogP) is 2.79. The highest BCUT2D eigenvalue weighted by atomic mass is 32.2. The van der Waals surface area contributed by atoms with Gasteiger partial charge in [0, 0.05) is 26.1 Å². The van der Waals surface area contributed by atoms with E-state index in [9.17, 15) is 18.0 Å². The van der Waals surface area contributed by atoms with Crippen molar-refractivity contribution in [1.29, 1.82) is 0 Å². The molecular weight excluding hydrogens is 442 g/mol. The Labute approximate surface area is 196 Å². The van der Waals surface area contributed by atoms with Gasteiger partial charge in [-0.15, -0.1) is 0 Å². The number of nitrogens with zero attached hydrogens (tertiary/aromatic N) is 2. The van der Waals surface area contributed by atoms with Crippen molar-refractivity contribution in [3.63, 3.8) is 0 Å². The summed E-state index contributed by atoms with van der Waals surface area (Å²) >= 11 is 0. The van der Waals surface area contributed by atoms with Gasteiger partial charge in [-0.25, -0.2) is 8.42 Å². The summed E-state index contributed by atoms with van der Waals surface area (Å²) in [4.78, 5) is 27.1. The van der Waals surface area contributed by atoms with Crippen LogP contribution in [0.5, 0.6) is 5.75 Å². The van der Waals surface area contributed by atoms with E-state index in [-0.39, 0.29) is 31.3 Å². The average Bonchev–Trinajstić information content (AvgIpc) is 2.80. The summed E-state index contributed by atoms with van der Waals surface area (Å²) < 4.78 is 31.0. The van der Waals surface area contributed by atoms with Crippen LogP contribution in [0.15, 0.2) is 54.6 Å². The molecule has 2 aromatic rings. The second-order valence-electron chi connectivity index (χ2n) is 7.71. The van der Waals surface area contributed by atoms with Crippen LogP contribution in [0.4, 0.5) is 5.69 Å². The number of hydrogen-bond acceptors (Lipinski definition) is 5. The summed E-state index contributed by atoms with van der Waals surface area (Å²) in [5.74, 6) is 0.252. The third-order valence-corrected chi connectivity index (χ3v) is 6.42. The van der Waals surface area contributed by atoms with Crippen molar-refractivity contribution in [3.05, 3.63) is 60.2 Å². The predicted molar refractivity (Wildman–Crippen MR) is 130 cm³/mol. The van der Waals surface area contributed by atoms with Crippen LogP contribution >= 0.6 is 0 Å². The van der Waals surface area contributed by atoms with Gasteiger partial charge < -0.3 is 15.0 Å². The molecule has 0 spiro atoms. The van der Waals surface area contributed by atoms with E-state index in [1.54, 1.807) is 50.4 Å². The van der Waals surface area contributed by atoms with E-state index in [1.165, 1.54) is 9.21 Å². The van der Waals surface area contributed by atoms with Gasteiger partial charge in [0.25, 0.3) is 0 Å². The van der Waals surface area contributed by atoms with Gasteiger partial charge in [0.1, 0.15) is 11.8 Å². The van der Waals surface area contributed by atoms with E-state index >= 15 is 0 Å². The minimum Gasteiger partial charge on any atom is -0.497 e. The fourth-order valence-corrected chi connectivity index (χ4v) is 4.40. The number of benzene rings is 2. The first-order valence-electron chi connectivity index (χ1n) is 10.9. The molecule has 1 unspecified atom stereocenters. The van der Waals surface area contributed by atoms with Gasteiger partial charge in [-0.05, 0) is 50.1 Å². The number of carbonyl (C=O) groups is 2. The van der Waals surface area contributed by atoms with Crippen LogP contribution in [0.1, 0.15) is 32.3 Å². The Bertz CT molecular complexity index is 1010. The Morgan fingerprint density at radius 1 is 1.06 bits per heavy atom. The lowest BCUT2D eigenvalue weighted by Gasteiger charge is -2.29. The quantitative estimate of drug-likeness (QED) is 0.509. The second kappa shape index (κ2) is 12.2. The summed E-state index contributed by atoms with van der Waals surface area (Å²) in [5, 5.41) is 2.76. The highest BCUT2D eigenvalue weighted by molar-refractivity contribution is 7.92. The van der Waals surface area contributed by atoms with Gasteiger partial charge in [-0.3, -0.25) is 13.9 Å². The molecule has 0 aliphatic carbocycles. The fourth-order valence-electron chi connectivity index (χ4n) is 3.43. The maximum atomic E-state index is 13.1. The first-order chi connectivity index (χ1) is 15.7. The molecule has 0 saturated heterocycles. The molecule has 0 aliphatic heterocycles. The number of amides is 2. The highest BCUT2D eigenvalue weighted by Gasteiger charge is 2.26. The summed E-state index contributed by atoms with van der Waals surface area (Å²) in [5.41, 5.74) is 1.42. The summed E-state index contributed by atoms with van der Waals surface area (Å²) in [7, 11) is -1.92. The molecule has 180 valence electrons. The maximum absolute atomic E-state index is 13.1. The SMILES string of the molecule is CCNC(=O)C(C)N(Cc1ccc(OC)cc1)C(=O)CCCN(c1ccccc1)S(C)(=O)=O. The second-order valence-corrected chi connectivity index (χ2v) is 9.62. The number of nitrogens with one attached hydrogen (secondary N) is 1. The van der Waals surface area contributed by atoms with Gasteiger partial charge in [-0.1, -0.05) is 30.3 Å². The Morgan fingerprint density at radius 3 is 2.24 bits per heavy atom. The highest BCUT2D eigenvalue weighted by Crippen LogP contribution is 2.19. The van der Waals surface area contributed by atoms with Crippen LogP contribution in [0.2, 0.25) is 0 Å². The van der Waals surface area contributed by atoms with Crippen LogP contribution in [0, 0.1) is 0 Å². The lowest BCUT2D eigenvalue weighted by Crippen LogP contribution is -2.47. The number of likely N-dealkylation sites (N-methyl/N-ethyl adjacent to an activating group) is 1. The molecule has 8 nitrogen and oxygen atoms in total. The Morgan fingerprint density at radius 2 is 1.70 bits per heavy atom. The largest absolute Gasteiger partial charge is 0.497 e. The minimum atomic E-state index is -3.50. The molecule has 1 atom stereocenters. The van der Waals surface area contributed by atoms with Crippen molar-refractivity contribution in [1.82, 2.24) is 10.2 Å². The van der Waals surface area contributed by atoms with Gasteiger partial charge in [0.2, 0.25) is 21.8 Å². The molecule has 1 N–H and O–H groups in total. The molecule has 0 aromatic heterocycles. The topological polar surface area (TPSA) is 96.0 Å². The Balaban J connectivity index is 2.13. The zero-order chi connectivity index (χ0) is 24.4. The first kappa shape index (κ1) is 26.2. The van der Waals surface area contributed by atoms with Crippen LogP contribution < -0.4 is 14.4 Å². The molecule has 33 heavy (non-hydrogen) atoms. The summed E-state index contributed by atoms with van der Waals surface area (Å²) in [6.07, 6.45) is 1.58. The number of hydrogen-bond donors (Lipinski definition) is 1. The fraction of sp³-hybridized carbons (Fsp3) is 0.417. The van der Waals surface area contributed by atoms with E-state index in [0.29, 0.717) is 24.4 Å². The molecule has 0 radical (unpaired) electrons. The van der Waals surface area contributed by atoms with Crippen molar-refractivity contribution in [2.75, 3.05) is 30.8 Å². The molecule has 2 amide bonds. The van der Waals surface area contributed by atoms with Crippen molar-refractivity contribution in [2.45, 2.75) is 39.3 Å². The number of methoxy groups -OCH3 is 1. The van der Waals surface area contributed by atoms with Gasteiger partial charge in [0.05, 0.1) is 19.1 Å². The van der Waals surface area contributed by atoms with E-state index in [4.69, 9.17) is 4.74 Å². The van der Waals surface area contributed by atoms with E-state index in [1.807, 2.05) is 25.1 Å². The first-order valence-corrected chi connectivity index (χ1v) is 12.7. The number of rotatable bonds is 12. The molecule has 0 bridgehead atoms. The standard InChI is InChI=1S/C24H33N3O5S/c1-5-25-24(29)19(2)26(18-20-13-15-22(32-3)16-14-20)23(28)12-9-17-27(33(4,30)31)21-10-7-6-8-11-21/h6-8,10-11,13-16,19H,5,9,12,17-18H2,1-4H3,(H,25,29). The molecule has 9 heteroatoms. The van der Waals surface area contributed by atoms with Gasteiger partial charge in [-0.2, -0.15) is 0 Å². The van der Waals surface area contributed by atoms with Crippen LogP contribution in [-0.2, 0) is 26.2 Å². The molecule has 0 heterocycles. The molecule has 2 aromatic carbocycles. The summed E-state index contributed by atoms with van der Waals surface area (Å²) in [6, 6.07) is 15.4. The van der Waals surface area contributed by atoms with E-state index in [2.05, 4.69) is 5.32 Å². The van der Waals surface area contributed by atoms with Crippen molar-refractivity contribution in [3.8, 4) is 5.75 Å². The third-order valence-electron chi connectivity index (χ3n) is 5.23. The Hall–Kier alpha value is -3.07. The zero-order valence-corrected chi connectivity index (χ0v) is 20.5. The molecule has 0 aliphatic rings. The normalized spacial score (nSPS) is 12.0. The van der Waals surface area contributed by atoms with Crippen LogP contribution in [0.25, 0.3) is 0 Å². The molecular formula is C24H33N3O5S. The van der Waals surface area contributed by atoms with Crippen LogP contribution in [-0.4, -0.2) is 57.6 Å². The van der Waals surface area contributed by atoms with Crippen molar-refractivity contribution < 1.29 is 22.7 Å². The monoisotopic (exact) mass is 475 g/mol. The van der Waals surface area contributed by atoms with Crippen molar-refractivity contribution in [2.24, 2.45) is 0 Å². The Kier molecular flexibility index (Phi) is 9.72. The number of ether oxygens (including phenoxy) is 1. The lowest BCUT2D eigenvalue weighted by molar-refractivity contribution is -0.140. The third kappa shape index (κ3) is 7.78. The summed E-state index contributed by atoms with van der Waals surface area (Å²) in [6.45, 7) is 4.41. The van der Waals surface area contributed by atoms with Gasteiger partial charge in [0.15, 0.2) is 0 Å². The molecule has 2 rings (SSSR count). The molecule has 0 saturated carbocycles. The smallest absolute Gasteiger partial charge is 0.242 e. The van der Waals surface area contributed by atoms with Crippen molar-refractivity contribution >= 4 is 27.5 Å². The number of anilines is 1. The molecule has 0 fully saturated rings. The van der Waals surface area contributed by atoms with E-state index < -0.39 is 16.1 Å².